The lowest BCUT2D eigenvalue weighted by Gasteiger charge is -1.80. The van der Waals surface area contributed by atoms with E-state index in [1.165, 1.54) is 0 Å². The van der Waals surface area contributed by atoms with Gasteiger partial charge in [-0.2, -0.15) is 0 Å². The van der Waals surface area contributed by atoms with Crippen LogP contribution in [0.2, 0.25) is 0 Å². The van der Waals surface area contributed by atoms with Crippen molar-refractivity contribution >= 4 is 24.4 Å². The highest BCUT2D eigenvalue weighted by Gasteiger charge is 1.71. The summed E-state index contributed by atoms with van der Waals surface area (Å²) in [5, 5.41) is 0. The van der Waals surface area contributed by atoms with Gasteiger partial charge in [-0.15, -0.1) is 0 Å². The third-order valence-corrected chi connectivity index (χ3v) is 1.14. The number of aromatic nitrogens is 2. The Morgan fingerprint density at radius 3 is 2.50 bits per heavy atom. The minimum absolute atomic E-state index is 0.567. The lowest BCUT2D eigenvalue weighted by atomic mass is 10.7. The number of hydrogen-bond acceptors (Lipinski definition) is 2. The molecule has 4 heteroatoms. The molecule has 0 bridgehead atoms. The van der Waals surface area contributed by atoms with E-state index in [-0.39, 0.29) is 0 Å². The zero-order chi connectivity index (χ0) is 5.98. The first-order valence-electron chi connectivity index (χ1n) is 2.07. The molecule has 0 aliphatic carbocycles. The molecule has 0 aromatic carbocycles. The Morgan fingerprint density at radius 2 is 2.12 bits per heavy atom. The summed E-state index contributed by atoms with van der Waals surface area (Å²) in [5.41, 5.74) is 0. The van der Waals surface area contributed by atoms with Crippen molar-refractivity contribution in [2.45, 2.75) is 0 Å². The van der Waals surface area contributed by atoms with Crippen molar-refractivity contribution in [2.75, 3.05) is 0 Å². The molecule has 0 unspecified atom stereocenters. The Labute approximate surface area is 56.6 Å². The first-order valence-corrected chi connectivity index (χ1v) is 2.89. The number of hydrogen-bond donors (Lipinski definition) is 2. The van der Waals surface area contributed by atoms with E-state index >= 15 is 0 Å². The lowest BCUT2D eigenvalue weighted by Crippen LogP contribution is -1.76. The van der Waals surface area contributed by atoms with Crippen LogP contribution in [0, 0.1) is 9.41 Å². The maximum absolute atomic E-state index is 4.76. The normalized spacial score (nSPS) is 9.00. The van der Waals surface area contributed by atoms with Crippen LogP contribution in [0.4, 0.5) is 0 Å². The Balaban J connectivity index is 3.50. The molecule has 1 aromatic heterocycles. The molecule has 0 saturated heterocycles. The predicted molar refractivity (Wildman–Crippen MR) is 36.8 cm³/mol. The van der Waals surface area contributed by atoms with E-state index in [9.17, 15) is 0 Å². The van der Waals surface area contributed by atoms with Crippen LogP contribution in [0.25, 0.3) is 0 Å². The highest BCUT2D eigenvalue weighted by atomic mass is 32.1. The molecule has 0 aliphatic heterocycles. The van der Waals surface area contributed by atoms with Crippen molar-refractivity contribution in [3.63, 3.8) is 0 Å². The fourth-order valence-corrected chi connectivity index (χ4v) is 0.795. The van der Waals surface area contributed by atoms with E-state index in [1.807, 2.05) is 0 Å². The zero-order valence-corrected chi connectivity index (χ0v) is 5.60. The van der Waals surface area contributed by atoms with Gasteiger partial charge >= 0.3 is 0 Å². The summed E-state index contributed by atoms with van der Waals surface area (Å²) in [6.45, 7) is 0. The van der Waals surface area contributed by atoms with Gasteiger partial charge in [-0.1, -0.05) is 12.2 Å². The minimum atomic E-state index is 0.567. The smallest absolute Gasteiger partial charge is 0.175 e. The fraction of sp³-hybridized carbons (Fsp3) is 0. The van der Waals surface area contributed by atoms with Gasteiger partial charge in [0, 0.05) is 6.20 Å². The molecule has 0 aliphatic rings. The van der Waals surface area contributed by atoms with E-state index in [0.29, 0.717) is 9.41 Å². The van der Waals surface area contributed by atoms with Crippen molar-refractivity contribution in [2.24, 2.45) is 0 Å². The third kappa shape index (κ3) is 1.24. The van der Waals surface area contributed by atoms with Crippen molar-refractivity contribution in [1.82, 2.24) is 9.97 Å². The molecule has 0 spiro atoms. The highest BCUT2D eigenvalue weighted by Crippen LogP contribution is 1.80. The minimum Gasteiger partial charge on any atom is -0.339 e. The number of aromatic amines is 2. The standard InChI is InChI=1S/C4H4N2S2/c7-3-1-2-5-4(8)6-3/h1-2H,(H2,5,6,7,8). The van der Waals surface area contributed by atoms with Crippen LogP contribution in [-0.4, -0.2) is 9.97 Å². The zero-order valence-electron chi connectivity index (χ0n) is 3.97. The predicted octanol–water partition coefficient (Wildman–Crippen LogP) is 1.80. The van der Waals surface area contributed by atoms with Gasteiger partial charge in [-0.05, 0) is 18.3 Å². The third-order valence-electron chi connectivity index (χ3n) is 0.686. The quantitative estimate of drug-likeness (QED) is 0.544. The van der Waals surface area contributed by atoms with Gasteiger partial charge in [0.2, 0.25) is 0 Å². The van der Waals surface area contributed by atoms with E-state index in [0.717, 1.165) is 0 Å². The van der Waals surface area contributed by atoms with Crippen molar-refractivity contribution in [3.05, 3.63) is 21.7 Å². The van der Waals surface area contributed by atoms with Gasteiger partial charge in [0.05, 0.1) is 0 Å². The van der Waals surface area contributed by atoms with Crippen molar-refractivity contribution < 1.29 is 0 Å². The Hall–Kier alpha value is -0.480. The molecule has 0 radical (unpaired) electrons. The molecule has 8 heavy (non-hydrogen) atoms. The molecule has 1 aromatic rings. The van der Waals surface area contributed by atoms with Gasteiger partial charge in [0.15, 0.2) is 4.77 Å². The number of H-pyrrole nitrogens is 2. The van der Waals surface area contributed by atoms with E-state index < -0.39 is 0 Å². The highest BCUT2D eigenvalue weighted by molar-refractivity contribution is 7.72. The van der Waals surface area contributed by atoms with Gasteiger partial charge in [0.1, 0.15) is 4.64 Å². The summed E-state index contributed by atoms with van der Waals surface area (Å²) in [6, 6.07) is 1.74. The molecule has 0 saturated carbocycles. The maximum atomic E-state index is 4.76. The van der Waals surface area contributed by atoms with Crippen LogP contribution < -0.4 is 0 Å². The number of rotatable bonds is 0. The van der Waals surface area contributed by atoms with Crippen LogP contribution >= 0.6 is 24.4 Å². The maximum Gasteiger partial charge on any atom is 0.175 e. The second-order valence-corrected chi connectivity index (χ2v) is 2.14. The SMILES string of the molecule is S=c1cc[nH]c(=S)[nH]1. The first kappa shape index (κ1) is 5.65. The molecule has 2 N–H and O–H groups in total. The largest absolute Gasteiger partial charge is 0.339 e. The lowest BCUT2D eigenvalue weighted by molar-refractivity contribution is 1.12. The molecule has 0 amide bonds. The second kappa shape index (κ2) is 2.19. The average Bonchev–Trinajstić information content (AvgIpc) is 1.64. The number of nitrogens with one attached hydrogen (secondary N) is 2. The van der Waals surface area contributed by atoms with E-state index in [4.69, 9.17) is 24.4 Å². The van der Waals surface area contributed by atoms with Crippen molar-refractivity contribution in [3.8, 4) is 0 Å². The summed E-state index contributed by atoms with van der Waals surface area (Å²) >= 11 is 9.48. The van der Waals surface area contributed by atoms with Gasteiger partial charge in [0.25, 0.3) is 0 Å². The van der Waals surface area contributed by atoms with E-state index in [1.54, 1.807) is 12.3 Å². The molecular formula is C4H4N2S2. The summed E-state index contributed by atoms with van der Waals surface area (Å²) in [5.74, 6) is 0. The average molecular weight is 144 g/mol. The van der Waals surface area contributed by atoms with Crippen LogP contribution in [-0.2, 0) is 0 Å². The van der Waals surface area contributed by atoms with Gasteiger partial charge in [-0.25, -0.2) is 0 Å². The van der Waals surface area contributed by atoms with Crippen molar-refractivity contribution in [1.29, 1.82) is 0 Å². The molecule has 42 valence electrons. The molecule has 0 fully saturated rings. The Morgan fingerprint density at radius 1 is 1.38 bits per heavy atom. The molecular weight excluding hydrogens is 140 g/mol. The second-order valence-electron chi connectivity index (χ2n) is 1.30. The van der Waals surface area contributed by atoms with Gasteiger partial charge in [-0.3, -0.25) is 0 Å². The van der Waals surface area contributed by atoms with Crippen LogP contribution in [0.15, 0.2) is 12.3 Å². The first-order chi connectivity index (χ1) is 3.79. The summed E-state index contributed by atoms with van der Waals surface area (Å²) in [4.78, 5) is 5.51. The Kier molecular flexibility index (Phi) is 1.55. The van der Waals surface area contributed by atoms with Crippen LogP contribution in [0.1, 0.15) is 0 Å². The molecule has 2 nitrogen and oxygen atoms in total. The van der Waals surface area contributed by atoms with Crippen LogP contribution in [0.5, 0.6) is 0 Å². The van der Waals surface area contributed by atoms with E-state index in [2.05, 4.69) is 9.97 Å². The molecule has 1 rings (SSSR count). The summed E-state index contributed by atoms with van der Waals surface area (Å²) in [7, 11) is 0. The fourth-order valence-electron chi connectivity index (χ4n) is 0.383. The monoisotopic (exact) mass is 144 g/mol. The van der Waals surface area contributed by atoms with Crippen LogP contribution in [0.3, 0.4) is 0 Å². The summed E-state index contributed by atoms with van der Waals surface area (Å²) in [6.07, 6.45) is 1.71. The Bertz CT molecular complexity index is 246. The topological polar surface area (TPSA) is 31.6 Å². The van der Waals surface area contributed by atoms with Gasteiger partial charge < -0.3 is 9.97 Å². The molecule has 0 atom stereocenters. The molecule has 1 heterocycles. The summed E-state index contributed by atoms with van der Waals surface area (Å²) < 4.78 is 1.23.